The minimum atomic E-state index is -4.39. The zero-order valence-electron chi connectivity index (χ0n) is 10.6. The number of carbonyl (C=O) groups is 1. The van der Waals surface area contributed by atoms with Crippen LogP contribution in [0.2, 0.25) is 0 Å². The topological polar surface area (TPSA) is 29.1 Å². The van der Waals surface area contributed by atoms with E-state index in [4.69, 9.17) is 0 Å². The first-order valence-electron chi connectivity index (χ1n) is 5.86. The van der Waals surface area contributed by atoms with Crippen molar-refractivity contribution in [3.05, 3.63) is 57.3 Å². The van der Waals surface area contributed by atoms with Crippen molar-refractivity contribution in [2.75, 3.05) is 0 Å². The highest BCUT2D eigenvalue weighted by atomic mass is 32.1. The van der Waals surface area contributed by atoms with E-state index in [0.29, 0.717) is 6.54 Å². The third-order valence-electron chi connectivity index (χ3n) is 2.85. The molecule has 1 N–H and O–H groups in total. The van der Waals surface area contributed by atoms with Crippen LogP contribution in [0.1, 0.15) is 26.4 Å². The van der Waals surface area contributed by atoms with Gasteiger partial charge in [0.1, 0.15) is 0 Å². The Labute approximate surface area is 118 Å². The number of thiophene rings is 1. The first-order chi connectivity index (χ1) is 9.38. The molecule has 0 aliphatic carbocycles. The van der Waals surface area contributed by atoms with Crippen molar-refractivity contribution in [1.82, 2.24) is 5.32 Å². The quantitative estimate of drug-likeness (QED) is 0.911. The summed E-state index contributed by atoms with van der Waals surface area (Å²) >= 11 is 1.53. The lowest BCUT2D eigenvalue weighted by Gasteiger charge is -2.08. The third-order valence-corrected chi connectivity index (χ3v) is 3.88. The van der Waals surface area contributed by atoms with Crippen LogP contribution in [0, 0.1) is 6.92 Å². The van der Waals surface area contributed by atoms with Crippen molar-refractivity contribution in [2.45, 2.75) is 19.6 Å². The second-order valence-electron chi connectivity index (χ2n) is 4.28. The van der Waals surface area contributed by atoms with Crippen LogP contribution in [0.4, 0.5) is 13.2 Å². The van der Waals surface area contributed by atoms with Crippen LogP contribution in [0.15, 0.2) is 35.7 Å². The van der Waals surface area contributed by atoms with E-state index in [0.717, 1.165) is 22.6 Å². The number of hydrogen-bond donors (Lipinski definition) is 1. The number of nitrogens with one attached hydrogen (secondary N) is 1. The zero-order chi connectivity index (χ0) is 14.8. The van der Waals surface area contributed by atoms with Crippen LogP contribution in [0.3, 0.4) is 0 Å². The maximum absolute atomic E-state index is 12.4. The average Bonchev–Trinajstić information content (AvgIpc) is 2.81. The highest BCUT2D eigenvalue weighted by Gasteiger charge is 2.30. The van der Waals surface area contributed by atoms with E-state index in [-0.39, 0.29) is 11.5 Å². The Kier molecular flexibility index (Phi) is 4.13. The predicted octanol–water partition coefficient (Wildman–Crippen LogP) is 4.01. The van der Waals surface area contributed by atoms with Crippen LogP contribution in [0.5, 0.6) is 0 Å². The van der Waals surface area contributed by atoms with E-state index in [1.165, 1.54) is 23.5 Å². The largest absolute Gasteiger partial charge is 0.416 e. The summed E-state index contributed by atoms with van der Waals surface area (Å²) in [6.45, 7) is 2.32. The molecule has 0 radical (unpaired) electrons. The number of rotatable bonds is 3. The van der Waals surface area contributed by atoms with Crippen LogP contribution in [-0.4, -0.2) is 5.91 Å². The van der Waals surface area contributed by atoms with E-state index in [2.05, 4.69) is 5.32 Å². The van der Waals surface area contributed by atoms with Gasteiger partial charge in [-0.25, -0.2) is 0 Å². The van der Waals surface area contributed by atoms with Crippen molar-refractivity contribution in [3.8, 4) is 0 Å². The molecule has 0 aliphatic heterocycles. The van der Waals surface area contributed by atoms with Crippen LogP contribution in [-0.2, 0) is 12.7 Å². The molecular formula is C14H12F3NOS. The number of alkyl halides is 3. The van der Waals surface area contributed by atoms with Crippen molar-refractivity contribution in [2.24, 2.45) is 0 Å². The Bertz CT molecular complexity index is 602. The molecule has 0 spiro atoms. The highest BCUT2D eigenvalue weighted by molar-refractivity contribution is 7.10. The molecule has 0 bridgehead atoms. The van der Waals surface area contributed by atoms with Gasteiger partial charge >= 0.3 is 6.18 Å². The van der Waals surface area contributed by atoms with Crippen LogP contribution >= 0.6 is 11.3 Å². The number of carbonyl (C=O) groups excluding carboxylic acids is 1. The lowest BCUT2D eigenvalue weighted by molar-refractivity contribution is -0.137. The van der Waals surface area contributed by atoms with Gasteiger partial charge in [0, 0.05) is 10.4 Å². The summed E-state index contributed by atoms with van der Waals surface area (Å²) < 4.78 is 37.2. The lowest BCUT2D eigenvalue weighted by Crippen LogP contribution is -2.22. The van der Waals surface area contributed by atoms with Gasteiger partial charge in [-0.2, -0.15) is 13.2 Å². The lowest BCUT2D eigenvalue weighted by atomic mass is 10.1. The molecule has 2 aromatic rings. The fraction of sp³-hybridized carbons (Fsp3) is 0.214. The molecule has 0 fully saturated rings. The molecular weight excluding hydrogens is 287 g/mol. The summed E-state index contributed by atoms with van der Waals surface area (Å²) in [4.78, 5) is 12.9. The molecule has 1 aromatic heterocycles. The molecule has 0 saturated heterocycles. The highest BCUT2D eigenvalue weighted by Crippen LogP contribution is 2.29. The van der Waals surface area contributed by atoms with E-state index in [1.807, 2.05) is 18.4 Å². The normalized spacial score (nSPS) is 11.4. The van der Waals surface area contributed by atoms with Crippen LogP contribution in [0.25, 0.3) is 0 Å². The smallest absolute Gasteiger partial charge is 0.347 e. The van der Waals surface area contributed by atoms with Gasteiger partial charge in [-0.3, -0.25) is 4.79 Å². The molecule has 2 rings (SSSR count). The molecule has 1 aromatic carbocycles. The summed E-state index contributed by atoms with van der Waals surface area (Å²) in [6.07, 6.45) is -4.39. The standard InChI is InChI=1S/C14H12F3NOS/c1-9-6-7-20-12(9)8-18-13(19)10-2-4-11(5-3-10)14(15,16)17/h2-7H,8H2,1H3,(H,18,19). The van der Waals surface area contributed by atoms with Crippen molar-refractivity contribution >= 4 is 17.2 Å². The molecule has 106 valence electrons. The van der Waals surface area contributed by atoms with Gasteiger partial charge in [-0.15, -0.1) is 11.3 Å². The average molecular weight is 299 g/mol. The molecule has 0 aliphatic rings. The summed E-state index contributed by atoms with van der Waals surface area (Å²) in [6, 6.07) is 6.12. The van der Waals surface area contributed by atoms with Gasteiger partial charge in [0.15, 0.2) is 0 Å². The molecule has 6 heteroatoms. The number of aryl methyl sites for hydroxylation is 1. The number of halogens is 3. The minimum Gasteiger partial charge on any atom is -0.347 e. The van der Waals surface area contributed by atoms with Gasteiger partial charge in [-0.1, -0.05) is 0 Å². The first-order valence-corrected chi connectivity index (χ1v) is 6.74. The Hall–Kier alpha value is -1.82. The molecule has 2 nitrogen and oxygen atoms in total. The summed E-state index contributed by atoms with van der Waals surface area (Å²) in [5.41, 5.74) is 0.540. The fourth-order valence-electron chi connectivity index (χ4n) is 1.66. The number of benzene rings is 1. The maximum Gasteiger partial charge on any atom is 0.416 e. The Morgan fingerprint density at radius 3 is 2.35 bits per heavy atom. The van der Waals surface area contributed by atoms with Crippen molar-refractivity contribution in [1.29, 1.82) is 0 Å². The van der Waals surface area contributed by atoms with Crippen LogP contribution < -0.4 is 5.32 Å². The van der Waals surface area contributed by atoms with Gasteiger partial charge < -0.3 is 5.32 Å². The van der Waals surface area contributed by atoms with Crippen molar-refractivity contribution < 1.29 is 18.0 Å². The molecule has 0 unspecified atom stereocenters. The SMILES string of the molecule is Cc1ccsc1CNC(=O)c1ccc(C(F)(F)F)cc1. The number of amides is 1. The van der Waals surface area contributed by atoms with E-state index in [1.54, 1.807) is 0 Å². The molecule has 20 heavy (non-hydrogen) atoms. The van der Waals surface area contributed by atoms with Crippen molar-refractivity contribution in [3.63, 3.8) is 0 Å². The van der Waals surface area contributed by atoms with Gasteiger partial charge in [0.2, 0.25) is 0 Å². The third kappa shape index (κ3) is 3.39. The first kappa shape index (κ1) is 14.6. The molecule has 1 amide bonds. The maximum atomic E-state index is 12.4. The Morgan fingerprint density at radius 1 is 1.20 bits per heavy atom. The summed E-state index contributed by atoms with van der Waals surface area (Å²) in [5.74, 6) is -0.383. The van der Waals surface area contributed by atoms with Gasteiger partial charge in [0.25, 0.3) is 5.91 Å². The van der Waals surface area contributed by atoms with E-state index in [9.17, 15) is 18.0 Å². The van der Waals surface area contributed by atoms with Gasteiger partial charge in [0.05, 0.1) is 12.1 Å². The number of hydrogen-bond acceptors (Lipinski definition) is 2. The van der Waals surface area contributed by atoms with Gasteiger partial charge in [-0.05, 0) is 48.2 Å². The predicted molar refractivity (Wildman–Crippen MR) is 71.7 cm³/mol. The van der Waals surface area contributed by atoms with E-state index < -0.39 is 11.7 Å². The molecule has 1 heterocycles. The zero-order valence-corrected chi connectivity index (χ0v) is 11.4. The Balaban J connectivity index is 2.01. The van der Waals surface area contributed by atoms with E-state index >= 15 is 0 Å². The molecule has 0 saturated carbocycles. The monoisotopic (exact) mass is 299 g/mol. The molecule has 0 atom stereocenters. The summed E-state index contributed by atoms with van der Waals surface area (Å²) in [7, 11) is 0. The second kappa shape index (κ2) is 5.66. The summed E-state index contributed by atoms with van der Waals surface area (Å²) in [5, 5.41) is 4.62. The minimum absolute atomic E-state index is 0.215. The fourth-order valence-corrected chi connectivity index (χ4v) is 2.50. The second-order valence-corrected chi connectivity index (χ2v) is 5.29. The Morgan fingerprint density at radius 2 is 1.85 bits per heavy atom.